The number of benzene rings is 1. The van der Waals surface area contributed by atoms with E-state index < -0.39 is 0 Å². The topological polar surface area (TPSA) is 51.4 Å². The molecule has 0 fully saturated rings. The van der Waals surface area contributed by atoms with Gasteiger partial charge in [0, 0.05) is 13.1 Å². The first-order valence-electron chi connectivity index (χ1n) is 5.40. The summed E-state index contributed by atoms with van der Waals surface area (Å²) in [4.78, 5) is 2.25. The molecule has 17 heavy (non-hydrogen) atoms. The van der Waals surface area contributed by atoms with Gasteiger partial charge >= 0.3 is 0 Å². The van der Waals surface area contributed by atoms with Gasteiger partial charge in [0.15, 0.2) is 16.6 Å². The smallest absolute Gasteiger partial charge is 0.197 e. The molecule has 5 heteroatoms. The van der Waals surface area contributed by atoms with E-state index in [2.05, 4.69) is 33.5 Å². The van der Waals surface area contributed by atoms with E-state index in [-0.39, 0.29) is 0 Å². The van der Waals surface area contributed by atoms with Crippen molar-refractivity contribution >= 4 is 22.4 Å². The van der Waals surface area contributed by atoms with Crippen LogP contribution in [0, 0.1) is 0 Å². The molecule has 2 heterocycles. The highest BCUT2D eigenvalue weighted by Crippen LogP contribution is 2.41. The number of hydrogen-bond acceptors (Lipinski definition) is 5. The molecular formula is C12H13N3OS. The molecule has 0 spiro atoms. The third-order valence-corrected chi connectivity index (χ3v) is 3.89. The van der Waals surface area contributed by atoms with Crippen LogP contribution >= 0.6 is 11.5 Å². The second-order valence-corrected chi connectivity index (χ2v) is 4.78. The van der Waals surface area contributed by atoms with E-state index in [0.29, 0.717) is 11.6 Å². The van der Waals surface area contributed by atoms with E-state index in [1.807, 2.05) is 0 Å². The maximum atomic E-state index is 5.77. The number of nitrogens with two attached hydrogens (primary N) is 1. The van der Waals surface area contributed by atoms with Crippen molar-refractivity contribution in [2.75, 3.05) is 17.7 Å². The molecule has 88 valence electrons. The zero-order valence-electron chi connectivity index (χ0n) is 9.51. The summed E-state index contributed by atoms with van der Waals surface area (Å²) in [6, 6.07) is 8.46. The highest BCUT2D eigenvalue weighted by Gasteiger charge is 2.24. The van der Waals surface area contributed by atoms with Crippen molar-refractivity contribution in [1.82, 2.24) is 4.37 Å². The van der Waals surface area contributed by atoms with Gasteiger partial charge in [-0.3, -0.25) is 0 Å². The number of hydrogen-bond donors (Lipinski definition) is 1. The molecule has 0 saturated heterocycles. The van der Waals surface area contributed by atoms with Crippen molar-refractivity contribution in [3.63, 3.8) is 0 Å². The van der Waals surface area contributed by atoms with Crippen molar-refractivity contribution in [3.8, 4) is 5.75 Å². The molecular weight excluding hydrogens is 234 g/mol. The summed E-state index contributed by atoms with van der Waals surface area (Å²) < 4.78 is 9.46. The Kier molecular flexibility index (Phi) is 2.40. The van der Waals surface area contributed by atoms with E-state index in [9.17, 15) is 0 Å². The molecule has 1 aromatic heterocycles. The minimum Gasteiger partial charge on any atom is -0.490 e. The van der Waals surface area contributed by atoms with Gasteiger partial charge in [-0.25, -0.2) is 0 Å². The molecule has 0 unspecified atom stereocenters. The highest BCUT2D eigenvalue weighted by molar-refractivity contribution is 7.11. The third kappa shape index (κ3) is 1.63. The Morgan fingerprint density at radius 3 is 2.53 bits per heavy atom. The molecule has 0 atom stereocenters. The third-order valence-electron chi connectivity index (χ3n) is 2.99. The van der Waals surface area contributed by atoms with Crippen molar-refractivity contribution in [3.05, 3.63) is 35.4 Å². The number of ether oxygens (including phenoxy) is 1. The Hall–Kier alpha value is -1.75. The number of methoxy groups -OCH3 is 1. The van der Waals surface area contributed by atoms with Crippen LogP contribution in [0.4, 0.5) is 10.8 Å². The number of nitrogens with zero attached hydrogens (tertiary/aromatic N) is 2. The van der Waals surface area contributed by atoms with Crippen LogP contribution in [0.3, 0.4) is 0 Å². The summed E-state index contributed by atoms with van der Waals surface area (Å²) in [5.74, 6) is 1.17. The Bertz CT molecular complexity index is 527. The highest BCUT2D eigenvalue weighted by atomic mass is 32.1. The fraction of sp³-hybridized carbons (Fsp3) is 0.250. The van der Waals surface area contributed by atoms with Gasteiger partial charge in [-0.1, -0.05) is 24.3 Å². The summed E-state index contributed by atoms with van der Waals surface area (Å²) in [6.45, 7) is 1.79. The molecule has 1 aliphatic rings. The molecule has 0 bridgehead atoms. The van der Waals surface area contributed by atoms with Crippen LogP contribution in [-0.4, -0.2) is 11.5 Å². The van der Waals surface area contributed by atoms with E-state index >= 15 is 0 Å². The predicted molar refractivity (Wildman–Crippen MR) is 69.4 cm³/mol. The lowest BCUT2D eigenvalue weighted by atomic mass is 10.1. The summed E-state index contributed by atoms with van der Waals surface area (Å²) in [6.07, 6.45) is 0. The van der Waals surface area contributed by atoms with E-state index in [1.54, 1.807) is 7.11 Å². The minimum atomic E-state index is 0.475. The molecule has 0 saturated carbocycles. The Morgan fingerprint density at radius 1 is 1.29 bits per heavy atom. The Labute approximate surface area is 104 Å². The van der Waals surface area contributed by atoms with Crippen LogP contribution in [-0.2, 0) is 13.1 Å². The van der Waals surface area contributed by atoms with Gasteiger partial charge in [-0.2, -0.15) is 4.37 Å². The first-order valence-corrected chi connectivity index (χ1v) is 6.18. The van der Waals surface area contributed by atoms with Gasteiger partial charge in [0.2, 0.25) is 0 Å². The van der Waals surface area contributed by atoms with Crippen LogP contribution in [0.5, 0.6) is 5.75 Å². The molecule has 2 N–H and O–H groups in total. The first kappa shape index (κ1) is 10.4. The van der Waals surface area contributed by atoms with Crippen LogP contribution < -0.4 is 15.4 Å². The number of anilines is 2. The molecule has 1 aromatic carbocycles. The molecule has 0 radical (unpaired) electrons. The van der Waals surface area contributed by atoms with E-state index in [1.165, 1.54) is 22.7 Å². The molecule has 0 amide bonds. The van der Waals surface area contributed by atoms with Gasteiger partial charge in [0.05, 0.1) is 7.11 Å². The lowest BCUT2D eigenvalue weighted by Crippen LogP contribution is -2.13. The van der Waals surface area contributed by atoms with Crippen LogP contribution in [0.25, 0.3) is 0 Å². The van der Waals surface area contributed by atoms with Gasteiger partial charge in [0.1, 0.15) is 0 Å². The fourth-order valence-corrected chi connectivity index (χ4v) is 2.94. The lowest BCUT2D eigenvalue weighted by molar-refractivity contribution is 0.417. The monoisotopic (exact) mass is 247 g/mol. The Balaban J connectivity index is 1.94. The van der Waals surface area contributed by atoms with E-state index in [0.717, 1.165) is 18.1 Å². The van der Waals surface area contributed by atoms with Crippen molar-refractivity contribution in [1.29, 1.82) is 0 Å². The number of nitrogen functional groups attached to an aromatic ring is 1. The van der Waals surface area contributed by atoms with Gasteiger partial charge < -0.3 is 15.4 Å². The standard InChI is InChI=1S/C12H13N3OS/c1-16-10-11(13)14-17-12(10)15-6-8-4-2-3-5-9(8)7-15/h2-5H,6-7H2,1H3,(H2,13,14). The molecule has 1 aliphatic heterocycles. The number of rotatable bonds is 2. The average Bonchev–Trinajstić information content (AvgIpc) is 2.91. The zero-order chi connectivity index (χ0) is 11.8. The zero-order valence-corrected chi connectivity index (χ0v) is 10.3. The average molecular weight is 247 g/mol. The van der Waals surface area contributed by atoms with Gasteiger partial charge in [-0.05, 0) is 22.7 Å². The normalized spacial score (nSPS) is 13.8. The summed E-state index contributed by atoms with van der Waals surface area (Å²) in [7, 11) is 1.63. The Morgan fingerprint density at radius 2 is 1.94 bits per heavy atom. The predicted octanol–water partition coefficient (Wildman–Crippen LogP) is 2.25. The van der Waals surface area contributed by atoms with Crippen LogP contribution in [0.15, 0.2) is 24.3 Å². The fourth-order valence-electron chi connectivity index (χ4n) is 2.15. The lowest BCUT2D eigenvalue weighted by Gasteiger charge is -2.15. The maximum absolute atomic E-state index is 5.77. The van der Waals surface area contributed by atoms with E-state index in [4.69, 9.17) is 10.5 Å². The molecule has 4 nitrogen and oxygen atoms in total. The van der Waals surface area contributed by atoms with Gasteiger partial charge in [0.25, 0.3) is 0 Å². The number of fused-ring (bicyclic) bond motifs is 1. The molecule has 0 aliphatic carbocycles. The SMILES string of the molecule is COc1c(N)nsc1N1Cc2ccccc2C1. The van der Waals surface area contributed by atoms with Gasteiger partial charge in [-0.15, -0.1) is 0 Å². The van der Waals surface area contributed by atoms with Crippen molar-refractivity contribution in [2.24, 2.45) is 0 Å². The molecule has 2 aromatic rings. The van der Waals surface area contributed by atoms with Crippen LogP contribution in [0.2, 0.25) is 0 Å². The summed E-state index contributed by atoms with van der Waals surface area (Å²) in [5, 5.41) is 1.02. The second-order valence-electron chi connectivity index (χ2n) is 4.03. The summed E-state index contributed by atoms with van der Waals surface area (Å²) in [5.41, 5.74) is 8.50. The van der Waals surface area contributed by atoms with Crippen molar-refractivity contribution in [2.45, 2.75) is 13.1 Å². The largest absolute Gasteiger partial charge is 0.490 e. The molecule has 3 rings (SSSR count). The number of aromatic nitrogens is 1. The van der Waals surface area contributed by atoms with Crippen molar-refractivity contribution < 1.29 is 4.74 Å². The maximum Gasteiger partial charge on any atom is 0.197 e. The summed E-state index contributed by atoms with van der Waals surface area (Å²) >= 11 is 1.39. The van der Waals surface area contributed by atoms with Crippen LogP contribution in [0.1, 0.15) is 11.1 Å². The first-order chi connectivity index (χ1) is 8.29. The quantitative estimate of drug-likeness (QED) is 0.884. The minimum absolute atomic E-state index is 0.475. The second kappa shape index (κ2) is 3.92.